The van der Waals surface area contributed by atoms with E-state index in [-0.39, 0.29) is 34.4 Å². The number of alkyl halides is 2. The zero-order chi connectivity index (χ0) is 29.6. The first kappa shape index (κ1) is 33.3. The number of hydrogen-bond acceptors (Lipinski definition) is 2. The molecule has 0 spiro atoms. The normalized spacial score (nSPS) is 40.7. The molecular weight excluding hydrogens is 490 g/mol. The molecule has 1 N–H and O–H groups in total. The molecule has 9 atom stereocenters. The lowest BCUT2D eigenvalue weighted by Crippen LogP contribution is -2.60. The van der Waals surface area contributed by atoms with E-state index in [9.17, 15) is 5.11 Å². The van der Waals surface area contributed by atoms with E-state index < -0.39 is 17.9 Å². The van der Waals surface area contributed by atoms with E-state index >= 15 is 8.78 Å². The maximum Gasteiger partial charge on any atom is 0.251 e. The Morgan fingerprint density at radius 1 is 0.821 bits per heavy atom. The summed E-state index contributed by atoms with van der Waals surface area (Å²) in [5.41, 5.74) is -0.0592. The standard InChI is InChI=1S/C27H46F2O.C8H18O/c1-17(2)7-6-8-18(3)21-9-10-22-20-16-27(28,29)24-15-19(30)11-13-26(24,5)23(20)12-14-25(21,22)4;1-7(2,3)9-8(4,5)6/h17-24,30H,6-16H2,1-5H3;1-6H3/t18-,19+,20+,21-,22+,23+,24?,25-,26-;/m1./s1. The van der Waals surface area contributed by atoms with Crippen molar-refractivity contribution in [2.75, 3.05) is 0 Å². The number of aliphatic hydroxyl groups is 1. The topological polar surface area (TPSA) is 29.5 Å². The Morgan fingerprint density at radius 3 is 1.92 bits per heavy atom. The second-order valence-corrected chi connectivity index (χ2v) is 17.2. The lowest BCUT2D eigenvalue weighted by molar-refractivity contribution is -0.235. The van der Waals surface area contributed by atoms with Crippen LogP contribution in [0.4, 0.5) is 8.78 Å². The summed E-state index contributed by atoms with van der Waals surface area (Å²) in [5, 5.41) is 10.1. The van der Waals surface area contributed by atoms with Crippen LogP contribution >= 0.6 is 0 Å². The van der Waals surface area contributed by atoms with Gasteiger partial charge in [0.05, 0.1) is 17.3 Å². The average Bonchev–Trinajstić information content (AvgIpc) is 3.10. The molecule has 0 saturated heterocycles. The van der Waals surface area contributed by atoms with Crippen molar-refractivity contribution in [2.45, 2.75) is 170 Å². The molecule has 0 aromatic carbocycles. The number of fused-ring (bicyclic) bond motifs is 5. The maximum atomic E-state index is 15.5. The Kier molecular flexibility index (Phi) is 10.1. The molecule has 1 unspecified atom stereocenters. The summed E-state index contributed by atoms with van der Waals surface area (Å²) in [5.74, 6) is 0.0557. The van der Waals surface area contributed by atoms with Crippen LogP contribution in [0.5, 0.6) is 0 Å². The van der Waals surface area contributed by atoms with Gasteiger partial charge in [0, 0.05) is 12.3 Å². The van der Waals surface area contributed by atoms with E-state index in [1.165, 1.54) is 32.1 Å². The molecule has 0 heterocycles. The fraction of sp³-hybridized carbons (Fsp3) is 1.00. The predicted molar refractivity (Wildman–Crippen MR) is 160 cm³/mol. The highest BCUT2D eigenvalue weighted by atomic mass is 19.3. The third kappa shape index (κ3) is 7.60. The van der Waals surface area contributed by atoms with Gasteiger partial charge in [0.25, 0.3) is 5.92 Å². The molecule has 0 aliphatic heterocycles. The molecule has 0 bridgehead atoms. The first-order valence-corrected chi connectivity index (χ1v) is 16.5. The Labute approximate surface area is 240 Å². The fourth-order valence-electron chi connectivity index (χ4n) is 10.2. The predicted octanol–water partition coefficient (Wildman–Crippen LogP) is 10.3. The highest BCUT2D eigenvalue weighted by Gasteiger charge is 2.67. The number of hydrogen-bond donors (Lipinski definition) is 1. The van der Waals surface area contributed by atoms with Crippen molar-refractivity contribution >= 4 is 0 Å². The van der Waals surface area contributed by atoms with Crippen LogP contribution in [0, 0.1) is 52.3 Å². The summed E-state index contributed by atoms with van der Waals surface area (Å²) < 4.78 is 36.6. The molecule has 230 valence electrons. The van der Waals surface area contributed by atoms with Crippen LogP contribution in [-0.2, 0) is 4.74 Å². The molecule has 0 aromatic rings. The zero-order valence-corrected chi connectivity index (χ0v) is 27.5. The van der Waals surface area contributed by atoms with Crippen molar-refractivity contribution in [1.82, 2.24) is 0 Å². The average molecular weight is 555 g/mol. The summed E-state index contributed by atoms with van der Waals surface area (Å²) in [6.45, 7) is 24.1. The second kappa shape index (κ2) is 11.8. The largest absolute Gasteiger partial charge is 0.393 e. The van der Waals surface area contributed by atoms with Gasteiger partial charge in [-0.15, -0.1) is 0 Å². The van der Waals surface area contributed by atoms with Gasteiger partial charge in [-0.05, 0) is 133 Å². The maximum absolute atomic E-state index is 15.5. The van der Waals surface area contributed by atoms with Crippen LogP contribution in [0.2, 0.25) is 0 Å². The Morgan fingerprint density at radius 2 is 1.38 bits per heavy atom. The van der Waals surface area contributed by atoms with Crippen LogP contribution in [0.25, 0.3) is 0 Å². The summed E-state index contributed by atoms with van der Waals surface area (Å²) in [7, 11) is 0. The van der Waals surface area contributed by atoms with Crippen molar-refractivity contribution in [2.24, 2.45) is 52.3 Å². The fourth-order valence-corrected chi connectivity index (χ4v) is 10.2. The highest BCUT2D eigenvalue weighted by Crippen LogP contribution is 2.70. The van der Waals surface area contributed by atoms with Gasteiger partial charge < -0.3 is 9.84 Å². The zero-order valence-electron chi connectivity index (χ0n) is 27.5. The minimum absolute atomic E-state index is 0.0156. The second-order valence-electron chi connectivity index (χ2n) is 17.2. The first-order chi connectivity index (χ1) is 17.7. The number of rotatable bonds is 5. The molecule has 2 nitrogen and oxygen atoms in total. The summed E-state index contributed by atoms with van der Waals surface area (Å²) in [4.78, 5) is 0. The van der Waals surface area contributed by atoms with Gasteiger partial charge in [-0.3, -0.25) is 0 Å². The van der Waals surface area contributed by atoms with Crippen molar-refractivity contribution < 1.29 is 18.6 Å². The highest BCUT2D eigenvalue weighted by molar-refractivity contribution is 5.13. The van der Waals surface area contributed by atoms with Crippen molar-refractivity contribution in [3.8, 4) is 0 Å². The van der Waals surface area contributed by atoms with Crippen LogP contribution in [0.3, 0.4) is 0 Å². The van der Waals surface area contributed by atoms with Crippen molar-refractivity contribution in [3.63, 3.8) is 0 Å². The van der Waals surface area contributed by atoms with E-state index in [2.05, 4.69) is 76.2 Å². The molecule has 39 heavy (non-hydrogen) atoms. The quantitative estimate of drug-likeness (QED) is 0.366. The molecule has 4 saturated carbocycles. The van der Waals surface area contributed by atoms with Crippen molar-refractivity contribution in [3.05, 3.63) is 0 Å². The minimum Gasteiger partial charge on any atom is -0.393 e. The molecule has 4 fully saturated rings. The third-order valence-corrected chi connectivity index (χ3v) is 11.4. The third-order valence-electron chi connectivity index (χ3n) is 11.4. The van der Waals surface area contributed by atoms with Crippen molar-refractivity contribution in [1.29, 1.82) is 0 Å². The SMILES string of the molecule is CC(C)(C)OC(C)(C)C.CC(C)CCC[C@@H](C)[C@H]1CC[C@H]2[C@@H]3CC(F)(F)C4C[C@@H](O)CC[C@]4(C)[C@H]3CC[C@]12C. The summed E-state index contributed by atoms with van der Waals surface area (Å²) >= 11 is 0. The number of aliphatic hydroxyl groups excluding tert-OH is 1. The number of ether oxygens (including phenoxy) is 1. The summed E-state index contributed by atoms with van der Waals surface area (Å²) in [6, 6.07) is 0. The van der Waals surface area contributed by atoms with E-state index in [1.807, 2.05) is 0 Å². The summed E-state index contributed by atoms with van der Waals surface area (Å²) in [6.07, 6.45) is 10.0. The molecule has 4 heteroatoms. The van der Waals surface area contributed by atoms with Gasteiger partial charge in [0.1, 0.15) is 0 Å². The van der Waals surface area contributed by atoms with Gasteiger partial charge in [0.15, 0.2) is 0 Å². The van der Waals surface area contributed by atoms with Crippen LogP contribution in [0.15, 0.2) is 0 Å². The minimum atomic E-state index is -2.61. The Hall–Kier alpha value is -0.220. The molecule has 4 rings (SSSR count). The van der Waals surface area contributed by atoms with E-state index in [0.717, 1.165) is 25.2 Å². The monoisotopic (exact) mass is 554 g/mol. The molecule has 0 aromatic heterocycles. The Bertz CT molecular complexity index is 783. The van der Waals surface area contributed by atoms with E-state index in [0.29, 0.717) is 36.5 Å². The molecule has 4 aliphatic carbocycles. The van der Waals surface area contributed by atoms with Crippen LogP contribution in [0.1, 0.15) is 147 Å². The lowest BCUT2D eigenvalue weighted by atomic mass is 9.43. The van der Waals surface area contributed by atoms with Gasteiger partial charge in [-0.25, -0.2) is 8.78 Å². The van der Waals surface area contributed by atoms with Crippen LogP contribution < -0.4 is 0 Å². The molecule has 4 aliphatic rings. The van der Waals surface area contributed by atoms with Crippen LogP contribution in [-0.4, -0.2) is 28.3 Å². The van der Waals surface area contributed by atoms with Gasteiger partial charge in [-0.1, -0.05) is 53.9 Å². The first-order valence-electron chi connectivity index (χ1n) is 16.5. The van der Waals surface area contributed by atoms with Gasteiger partial charge in [0.2, 0.25) is 0 Å². The van der Waals surface area contributed by atoms with Gasteiger partial charge in [-0.2, -0.15) is 0 Å². The molecular formula is C35H64F2O2. The van der Waals surface area contributed by atoms with E-state index in [1.54, 1.807) is 0 Å². The Balaban J connectivity index is 0.000000403. The van der Waals surface area contributed by atoms with E-state index in [4.69, 9.17) is 4.74 Å². The molecule has 0 radical (unpaired) electrons. The molecule has 0 amide bonds. The van der Waals surface area contributed by atoms with Gasteiger partial charge >= 0.3 is 0 Å². The lowest BCUT2D eigenvalue weighted by Gasteiger charge is -2.62. The smallest absolute Gasteiger partial charge is 0.251 e. The number of halogens is 2.